The van der Waals surface area contributed by atoms with Gasteiger partial charge in [-0.1, -0.05) is 83.7 Å². The summed E-state index contributed by atoms with van der Waals surface area (Å²) < 4.78 is 27.9. The number of sulfonamides is 1. The molecule has 8 heteroatoms. The predicted octanol–water partition coefficient (Wildman–Crippen LogP) is 6.87. The molecule has 2 aromatic rings. The molecule has 0 aromatic heterocycles. The van der Waals surface area contributed by atoms with E-state index in [-0.39, 0.29) is 28.4 Å². The fourth-order valence-electron chi connectivity index (χ4n) is 9.63. The van der Waals surface area contributed by atoms with Gasteiger partial charge in [-0.25, -0.2) is 17.9 Å². The molecule has 0 spiro atoms. The minimum atomic E-state index is -3.98. The van der Waals surface area contributed by atoms with Gasteiger partial charge in [-0.3, -0.25) is 0 Å². The molecule has 0 bridgehead atoms. The van der Waals surface area contributed by atoms with E-state index in [4.69, 9.17) is 0 Å². The van der Waals surface area contributed by atoms with Gasteiger partial charge in [0, 0.05) is 6.54 Å². The lowest BCUT2D eigenvalue weighted by Crippen LogP contribution is -2.58. The zero-order valence-corrected chi connectivity index (χ0v) is 27.9. The van der Waals surface area contributed by atoms with Crippen molar-refractivity contribution in [3.05, 3.63) is 42.5 Å². The van der Waals surface area contributed by atoms with Crippen LogP contribution in [0.25, 0.3) is 10.8 Å². The monoisotopic (exact) mass is 626 g/mol. The highest BCUT2D eigenvalue weighted by molar-refractivity contribution is 7.90. The van der Waals surface area contributed by atoms with Crippen LogP contribution in [0.3, 0.4) is 0 Å². The molecule has 4 unspecified atom stereocenters. The minimum absolute atomic E-state index is 0.0694. The summed E-state index contributed by atoms with van der Waals surface area (Å²) in [5, 5.41) is 26.8. The summed E-state index contributed by atoms with van der Waals surface area (Å²) in [5.41, 5.74) is 0.175. The number of aliphatic hydroxyl groups excluding tert-OH is 2. The molecule has 3 saturated carbocycles. The average Bonchev–Trinajstić information content (AvgIpc) is 3.07. The molecule has 3 fully saturated rings. The quantitative estimate of drug-likeness (QED) is 0.268. The van der Waals surface area contributed by atoms with Crippen LogP contribution in [-0.2, 0) is 10.0 Å². The Morgan fingerprint density at radius 2 is 1.77 bits per heavy atom. The van der Waals surface area contributed by atoms with Gasteiger partial charge in [0.15, 0.2) is 0 Å². The summed E-state index contributed by atoms with van der Waals surface area (Å²) >= 11 is 0. The Bertz CT molecular complexity index is 1400. The molecular weight excluding hydrogens is 572 g/mol. The summed E-state index contributed by atoms with van der Waals surface area (Å²) in [7, 11) is -3.98. The highest BCUT2D eigenvalue weighted by Crippen LogP contribution is 2.61. The van der Waals surface area contributed by atoms with Crippen LogP contribution in [0.5, 0.6) is 0 Å². The van der Waals surface area contributed by atoms with Crippen molar-refractivity contribution in [1.29, 1.82) is 0 Å². The van der Waals surface area contributed by atoms with Gasteiger partial charge in [-0.15, -0.1) is 0 Å². The summed E-state index contributed by atoms with van der Waals surface area (Å²) in [6, 6.07) is 11.7. The lowest BCUT2D eigenvalue weighted by Gasteiger charge is -2.60. The van der Waals surface area contributed by atoms with E-state index >= 15 is 0 Å². The Hall–Kier alpha value is -2.16. The lowest BCUT2D eigenvalue weighted by atomic mass is 9.45. The first-order chi connectivity index (χ1) is 20.9. The second kappa shape index (κ2) is 13.7. The molecule has 44 heavy (non-hydrogen) atoms. The first-order valence-electron chi connectivity index (χ1n) is 17.1. The van der Waals surface area contributed by atoms with Gasteiger partial charge in [0.25, 0.3) is 10.0 Å². The molecule has 2 amide bonds. The molecule has 0 radical (unpaired) electrons. The first kappa shape index (κ1) is 33.2. The largest absolute Gasteiger partial charge is 0.393 e. The molecule has 0 heterocycles. The fourth-order valence-corrected chi connectivity index (χ4v) is 10.6. The van der Waals surface area contributed by atoms with E-state index in [1.54, 1.807) is 12.1 Å². The topological polar surface area (TPSA) is 116 Å². The van der Waals surface area contributed by atoms with Crippen LogP contribution in [0.1, 0.15) is 91.9 Å². The highest BCUT2D eigenvalue weighted by Gasteiger charge is 2.57. The van der Waals surface area contributed by atoms with E-state index in [1.807, 2.05) is 24.3 Å². The van der Waals surface area contributed by atoms with Crippen molar-refractivity contribution in [2.45, 2.75) is 109 Å². The van der Waals surface area contributed by atoms with E-state index in [0.717, 1.165) is 75.0 Å². The molecule has 2 aromatic carbocycles. The third-order valence-electron chi connectivity index (χ3n) is 12.2. The zero-order valence-electron chi connectivity index (χ0n) is 27.0. The van der Waals surface area contributed by atoms with Crippen molar-refractivity contribution < 1.29 is 23.4 Å². The van der Waals surface area contributed by atoms with Gasteiger partial charge in [-0.2, -0.15) is 0 Å². The average molecular weight is 627 g/mol. The summed E-state index contributed by atoms with van der Waals surface area (Å²) in [6.45, 7) is 9.70. The van der Waals surface area contributed by atoms with Crippen LogP contribution in [0.4, 0.5) is 4.79 Å². The normalized spacial score (nSPS) is 35.3. The maximum absolute atomic E-state index is 12.9. The molecular formula is C36H54N2O5S. The van der Waals surface area contributed by atoms with E-state index in [9.17, 15) is 23.4 Å². The minimum Gasteiger partial charge on any atom is -0.393 e. The van der Waals surface area contributed by atoms with E-state index in [1.165, 1.54) is 6.07 Å². The number of amides is 2. The molecule has 4 N–H and O–H groups in total. The third-order valence-corrected chi connectivity index (χ3v) is 13.5. The zero-order chi connectivity index (χ0) is 31.6. The van der Waals surface area contributed by atoms with Crippen molar-refractivity contribution in [1.82, 2.24) is 10.0 Å². The molecule has 244 valence electrons. The third kappa shape index (κ3) is 6.82. The molecule has 0 saturated heterocycles. The van der Waals surface area contributed by atoms with E-state index < -0.39 is 16.1 Å². The second-order valence-electron chi connectivity index (χ2n) is 14.7. The van der Waals surface area contributed by atoms with Crippen molar-refractivity contribution in [3.63, 3.8) is 0 Å². The van der Waals surface area contributed by atoms with Crippen LogP contribution < -0.4 is 10.0 Å². The second-order valence-corrected chi connectivity index (χ2v) is 16.4. The van der Waals surface area contributed by atoms with Crippen molar-refractivity contribution >= 4 is 26.8 Å². The van der Waals surface area contributed by atoms with Crippen molar-refractivity contribution in [3.8, 4) is 0 Å². The number of urea groups is 1. The van der Waals surface area contributed by atoms with Gasteiger partial charge in [0.05, 0.1) is 17.1 Å². The van der Waals surface area contributed by atoms with Crippen LogP contribution in [0, 0.1) is 46.8 Å². The first-order valence-corrected chi connectivity index (χ1v) is 18.6. The number of aliphatic hydroxyl groups is 2. The SMILES string of the molecule is CC[C@@H]1C2C[C@H](O)CCC2(C)[C@H]2CCCC([C@H](C)CCNC(=O)NS(=O)(=O)c3ccc4ccccc4c3)CCC(C)[C@@H]2[C@@H]1O. The van der Waals surface area contributed by atoms with Crippen LogP contribution in [0.15, 0.2) is 47.4 Å². The van der Waals surface area contributed by atoms with Gasteiger partial charge in [-0.05, 0) is 108 Å². The molecule has 5 rings (SSSR count). The molecule has 3 aliphatic rings. The predicted molar refractivity (Wildman–Crippen MR) is 175 cm³/mol. The van der Waals surface area contributed by atoms with Gasteiger partial charge < -0.3 is 15.5 Å². The Balaban J connectivity index is 1.17. The number of benzene rings is 2. The Labute approximate surface area is 264 Å². The number of carbonyl (C=O) groups is 1. The van der Waals surface area contributed by atoms with Crippen LogP contribution >= 0.6 is 0 Å². The molecule has 7 nitrogen and oxygen atoms in total. The summed E-state index contributed by atoms with van der Waals surface area (Å²) in [6.07, 6.45) is 9.57. The number of carbonyl (C=O) groups excluding carboxylic acids is 1. The summed E-state index contributed by atoms with van der Waals surface area (Å²) in [4.78, 5) is 12.7. The standard InChI is InChI=1S/C36H54N2O5S/c1-5-30-32-22-28(39)17-19-36(32,4)31-12-8-11-25(14-13-24(3)33(31)34(30)40)23(2)18-20-37-35(41)38-44(42,43)29-16-15-26-9-6-7-10-27(26)21-29/h6-7,9-10,15-16,21,23-25,28,30-34,39-40H,5,8,11-14,17-20,22H2,1-4H3,(H2,37,38,41)/t23-,24?,25?,28-,30-,31+,32?,33+,34-,36?/m1/s1. The molecule has 0 aliphatic heterocycles. The number of hydrogen-bond acceptors (Lipinski definition) is 5. The number of nitrogens with one attached hydrogen (secondary N) is 2. The van der Waals surface area contributed by atoms with Crippen molar-refractivity contribution in [2.24, 2.45) is 46.8 Å². The van der Waals surface area contributed by atoms with Gasteiger partial charge >= 0.3 is 6.03 Å². The van der Waals surface area contributed by atoms with Crippen molar-refractivity contribution in [2.75, 3.05) is 6.54 Å². The van der Waals surface area contributed by atoms with E-state index in [2.05, 4.69) is 37.7 Å². The highest BCUT2D eigenvalue weighted by atomic mass is 32.2. The van der Waals surface area contributed by atoms with E-state index in [0.29, 0.717) is 42.1 Å². The number of hydrogen-bond donors (Lipinski definition) is 4. The fraction of sp³-hybridized carbons (Fsp3) is 0.694. The maximum atomic E-state index is 12.9. The molecule has 10 atom stereocenters. The Morgan fingerprint density at radius 1 is 1.02 bits per heavy atom. The van der Waals surface area contributed by atoms with Gasteiger partial charge in [0.2, 0.25) is 0 Å². The molecule has 3 aliphatic carbocycles. The number of fused-ring (bicyclic) bond motifs is 4. The number of rotatable bonds is 7. The van der Waals surface area contributed by atoms with Gasteiger partial charge in [0.1, 0.15) is 0 Å². The Kier molecular flexibility index (Phi) is 10.3. The smallest absolute Gasteiger partial charge is 0.328 e. The van der Waals surface area contributed by atoms with Crippen LogP contribution in [0.2, 0.25) is 0 Å². The Morgan fingerprint density at radius 3 is 2.52 bits per heavy atom. The summed E-state index contributed by atoms with van der Waals surface area (Å²) in [5.74, 6) is 2.79. The maximum Gasteiger partial charge on any atom is 0.328 e. The lowest BCUT2D eigenvalue weighted by molar-refractivity contribution is -0.173. The van der Waals surface area contributed by atoms with Crippen LogP contribution in [-0.4, -0.2) is 43.4 Å².